The first-order valence-corrected chi connectivity index (χ1v) is 22.2. The highest BCUT2D eigenvalue weighted by atomic mass is 15.1. The summed E-state index contributed by atoms with van der Waals surface area (Å²) in [4.78, 5) is 11.2. The van der Waals surface area contributed by atoms with Gasteiger partial charge in [-0.2, -0.15) is 0 Å². The Morgan fingerprint density at radius 2 is 0.875 bits per heavy atom. The number of piperidine rings is 4. The van der Waals surface area contributed by atoms with Crippen molar-refractivity contribution in [3.63, 3.8) is 0 Å². The summed E-state index contributed by atoms with van der Waals surface area (Å²) in [5, 5.41) is 0. The van der Waals surface area contributed by atoms with Crippen LogP contribution in [0.15, 0.2) is 12.2 Å². The topological polar surface area (TPSA) is 13.0 Å². The second-order valence-corrected chi connectivity index (χ2v) is 16.4. The summed E-state index contributed by atoms with van der Waals surface area (Å²) in [5.41, 5.74) is 0. The van der Waals surface area contributed by atoms with Gasteiger partial charge in [0.05, 0.1) is 0 Å². The first kappa shape index (κ1) is 42.0. The van der Waals surface area contributed by atoms with Gasteiger partial charge in [-0.15, -0.1) is 0 Å². The van der Waals surface area contributed by atoms with Crippen molar-refractivity contribution in [2.45, 2.75) is 151 Å². The Kier molecular flexibility index (Phi) is 21.6. The molecule has 0 amide bonds. The lowest BCUT2D eigenvalue weighted by Gasteiger charge is -2.41. The molecule has 0 radical (unpaired) electrons. The van der Waals surface area contributed by atoms with Gasteiger partial charge in [-0.3, -0.25) is 0 Å². The summed E-state index contributed by atoms with van der Waals surface area (Å²) >= 11 is 0. The predicted octanol–water partition coefficient (Wildman–Crippen LogP) is 10.5. The molecule has 1 unspecified atom stereocenters. The maximum atomic E-state index is 2.87. The Bertz CT molecular complexity index is 774. The molecule has 0 spiro atoms. The monoisotopic (exact) mass is 671 g/mol. The van der Waals surface area contributed by atoms with Crippen molar-refractivity contribution in [3.05, 3.63) is 12.2 Å². The van der Waals surface area contributed by atoms with Crippen molar-refractivity contribution < 1.29 is 0 Å². The molecule has 0 bridgehead atoms. The Morgan fingerprint density at radius 3 is 1.27 bits per heavy atom. The first-order valence-electron chi connectivity index (χ1n) is 22.2. The summed E-state index contributed by atoms with van der Waals surface area (Å²) < 4.78 is 0. The van der Waals surface area contributed by atoms with Crippen molar-refractivity contribution in [2.24, 2.45) is 41.4 Å². The van der Waals surface area contributed by atoms with Gasteiger partial charge in [-0.25, -0.2) is 0 Å². The third kappa shape index (κ3) is 14.7. The number of rotatable bonds is 14. The molecule has 4 heteroatoms. The molecule has 1 atom stereocenters. The van der Waals surface area contributed by atoms with Crippen molar-refractivity contribution in [1.29, 1.82) is 0 Å². The molecule has 4 saturated heterocycles. The molecule has 48 heavy (non-hydrogen) atoms. The summed E-state index contributed by atoms with van der Waals surface area (Å²) in [5.74, 6) is 6.60. The lowest BCUT2D eigenvalue weighted by molar-refractivity contribution is 0.0801. The predicted molar refractivity (Wildman–Crippen MR) is 213 cm³/mol. The minimum Gasteiger partial charge on any atom is -0.303 e. The van der Waals surface area contributed by atoms with Crippen LogP contribution in [0.25, 0.3) is 0 Å². The Hall–Kier alpha value is -0.420. The van der Waals surface area contributed by atoms with Crippen LogP contribution in [-0.2, 0) is 0 Å². The van der Waals surface area contributed by atoms with Crippen molar-refractivity contribution in [1.82, 2.24) is 19.6 Å². The van der Waals surface area contributed by atoms with Crippen molar-refractivity contribution >= 4 is 0 Å². The summed E-state index contributed by atoms with van der Waals surface area (Å²) in [7, 11) is 0. The van der Waals surface area contributed by atoms with E-state index < -0.39 is 0 Å². The third-order valence-electron chi connectivity index (χ3n) is 13.2. The van der Waals surface area contributed by atoms with Crippen LogP contribution >= 0.6 is 0 Å². The van der Waals surface area contributed by atoms with E-state index >= 15 is 0 Å². The highest BCUT2D eigenvalue weighted by Gasteiger charge is 2.31. The molecule has 4 heterocycles. The van der Waals surface area contributed by atoms with E-state index in [0.29, 0.717) is 0 Å². The highest BCUT2D eigenvalue weighted by Crippen LogP contribution is 2.35. The Balaban J connectivity index is 0.00000151. The smallest absolute Gasteiger partial charge is 0.000967 e. The van der Waals surface area contributed by atoms with E-state index in [0.717, 1.165) is 41.4 Å². The lowest BCUT2D eigenvalue weighted by Crippen LogP contribution is -2.42. The molecular weight excluding hydrogens is 585 g/mol. The van der Waals surface area contributed by atoms with E-state index in [1.807, 2.05) is 27.7 Å². The molecule has 5 aliphatic rings. The lowest BCUT2D eigenvalue weighted by atomic mass is 9.78. The highest BCUT2D eigenvalue weighted by molar-refractivity contribution is 4.97. The number of hydrogen-bond acceptors (Lipinski definition) is 4. The van der Waals surface area contributed by atoms with E-state index in [9.17, 15) is 0 Å². The van der Waals surface area contributed by atoms with Gasteiger partial charge >= 0.3 is 0 Å². The normalized spacial score (nSPS) is 27.7. The van der Waals surface area contributed by atoms with E-state index in [2.05, 4.69) is 52.5 Å². The zero-order chi connectivity index (χ0) is 34.6. The molecule has 0 N–H and O–H groups in total. The first-order chi connectivity index (χ1) is 23.6. The summed E-state index contributed by atoms with van der Waals surface area (Å²) in [6.07, 6.45) is 28.2. The maximum Gasteiger partial charge on any atom is 0.000967 e. The fourth-order valence-electron chi connectivity index (χ4n) is 10.1. The van der Waals surface area contributed by atoms with E-state index in [4.69, 9.17) is 0 Å². The second-order valence-electron chi connectivity index (χ2n) is 16.4. The summed E-state index contributed by atoms with van der Waals surface area (Å²) in [6, 6.07) is 0. The Morgan fingerprint density at radius 1 is 0.479 bits per heavy atom. The zero-order valence-corrected chi connectivity index (χ0v) is 33.8. The van der Waals surface area contributed by atoms with Crippen LogP contribution in [0.2, 0.25) is 0 Å². The molecule has 0 aromatic heterocycles. The van der Waals surface area contributed by atoms with Crippen LogP contribution in [0, 0.1) is 41.4 Å². The number of nitrogens with zero attached hydrogens (tertiary/aromatic N) is 4. The number of likely N-dealkylation sites (tertiary alicyclic amines) is 4. The molecule has 0 aromatic carbocycles. The van der Waals surface area contributed by atoms with Crippen LogP contribution < -0.4 is 0 Å². The van der Waals surface area contributed by atoms with Gasteiger partial charge in [-0.1, -0.05) is 73.5 Å². The maximum absolute atomic E-state index is 2.87. The molecule has 5 rings (SSSR count). The number of allylic oxidation sites excluding steroid dienone is 2. The fourth-order valence-corrected chi connectivity index (χ4v) is 10.1. The average molecular weight is 671 g/mol. The van der Waals surface area contributed by atoms with E-state index in [1.165, 1.54) is 181 Å². The molecule has 5 fully saturated rings. The molecule has 0 aromatic rings. The van der Waals surface area contributed by atoms with Gasteiger partial charge in [-0.05, 0) is 190 Å². The van der Waals surface area contributed by atoms with E-state index in [-0.39, 0.29) is 0 Å². The minimum absolute atomic E-state index is 0.839. The van der Waals surface area contributed by atoms with Crippen LogP contribution in [0.4, 0.5) is 0 Å². The van der Waals surface area contributed by atoms with Gasteiger partial charge in [0.2, 0.25) is 0 Å². The van der Waals surface area contributed by atoms with Crippen LogP contribution in [-0.4, -0.2) is 98.1 Å². The molecule has 1 saturated carbocycles. The summed E-state index contributed by atoms with van der Waals surface area (Å²) in [6.45, 7) is 31.4. The van der Waals surface area contributed by atoms with E-state index in [1.54, 1.807) is 0 Å². The molecule has 4 aliphatic heterocycles. The molecular formula is C44H86N4. The standard InChI is InChI=1S/C40H74N4.2C2H6/c1-4-7-34(6-3)31-42-23-14-35(15-24-42)8-9-36-16-25-43(26-17-36)32-37-10-12-38(13-11-37)33-44-29-20-40(21-30-44)39-18-27-41(22-5-2)28-19-39;2*1-2/h8-9,34-40H,4-7,10-33H2,1-3H3;2*1-2H3/b9-8+;;. The molecule has 1 aliphatic carbocycles. The van der Waals surface area contributed by atoms with Crippen molar-refractivity contribution in [3.8, 4) is 0 Å². The van der Waals surface area contributed by atoms with Gasteiger partial charge < -0.3 is 19.6 Å². The fraction of sp³-hybridized carbons (Fsp3) is 0.955. The van der Waals surface area contributed by atoms with Crippen LogP contribution in [0.1, 0.15) is 151 Å². The van der Waals surface area contributed by atoms with Gasteiger partial charge in [0.25, 0.3) is 0 Å². The van der Waals surface area contributed by atoms with Crippen LogP contribution in [0.3, 0.4) is 0 Å². The minimum atomic E-state index is 0.839. The number of hydrogen-bond donors (Lipinski definition) is 0. The average Bonchev–Trinajstić information content (AvgIpc) is 3.15. The molecule has 4 nitrogen and oxygen atoms in total. The van der Waals surface area contributed by atoms with Crippen molar-refractivity contribution in [2.75, 3.05) is 78.5 Å². The zero-order valence-electron chi connectivity index (χ0n) is 33.8. The second kappa shape index (κ2) is 24.7. The third-order valence-corrected chi connectivity index (χ3v) is 13.2. The van der Waals surface area contributed by atoms with Gasteiger partial charge in [0.15, 0.2) is 0 Å². The largest absolute Gasteiger partial charge is 0.303 e. The van der Waals surface area contributed by atoms with Crippen LogP contribution in [0.5, 0.6) is 0 Å². The van der Waals surface area contributed by atoms with Gasteiger partial charge in [0, 0.05) is 19.6 Å². The molecule has 282 valence electrons. The van der Waals surface area contributed by atoms with Gasteiger partial charge in [0.1, 0.15) is 0 Å². The SMILES string of the molecule is CC.CC.CCCC(CC)CN1CCC(/C=C/C2CCN(CC3CCC(CN4CCC(C5CCN(CCC)CC5)CC4)CC3)CC2)CC1. The Labute approximate surface area is 302 Å². The quantitative estimate of drug-likeness (QED) is 0.171.